The molecule has 174 valence electrons. The molecule has 2 fully saturated rings. The van der Waals surface area contributed by atoms with Crippen LogP contribution in [0.2, 0.25) is 0 Å². The van der Waals surface area contributed by atoms with Gasteiger partial charge in [0.1, 0.15) is 11.9 Å². The minimum Gasteiger partial charge on any atom is -0.497 e. The molecule has 33 heavy (non-hydrogen) atoms. The fraction of sp³-hybridized carbons (Fsp3) is 0.429. The molecule has 2 bridgehead atoms. The molecule has 2 aromatic rings. The molecule has 0 aliphatic heterocycles. The van der Waals surface area contributed by atoms with Gasteiger partial charge in [-0.15, -0.1) is 6.58 Å². The maximum absolute atomic E-state index is 13.0. The third kappa shape index (κ3) is 3.99. The first-order valence-electron chi connectivity index (χ1n) is 11.5. The first-order valence-corrected chi connectivity index (χ1v) is 11.5. The Morgan fingerprint density at radius 1 is 1.09 bits per heavy atom. The zero-order valence-corrected chi connectivity index (χ0v) is 19.6. The number of hydrogen-bond acceptors (Lipinski definition) is 5. The molecule has 5 heteroatoms. The van der Waals surface area contributed by atoms with Gasteiger partial charge in [0.15, 0.2) is 0 Å². The van der Waals surface area contributed by atoms with E-state index < -0.39 is 17.9 Å². The van der Waals surface area contributed by atoms with E-state index >= 15 is 0 Å². The molecule has 4 atom stereocenters. The van der Waals surface area contributed by atoms with Gasteiger partial charge in [-0.2, -0.15) is 0 Å². The van der Waals surface area contributed by atoms with Crippen LogP contribution in [0.15, 0.2) is 67.3 Å². The number of rotatable bonds is 9. The van der Waals surface area contributed by atoms with Gasteiger partial charge >= 0.3 is 5.97 Å². The van der Waals surface area contributed by atoms with Gasteiger partial charge in [-0.1, -0.05) is 62.4 Å². The van der Waals surface area contributed by atoms with E-state index in [2.05, 4.69) is 20.4 Å². The van der Waals surface area contributed by atoms with E-state index in [1.807, 2.05) is 36.4 Å². The number of allylic oxidation sites excluding steroid dienone is 1. The summed E-state index contributed by atoms with van der Waals surface area (Å²) in [5.41, 5.74) is 0.918. The van der Waals surface area contributed by atoms with Crippen molar-refractivity contribution in [1.82, 2.24) is 0 Å². The van der Waals surface area contributed by atoms with Crippen LogP contribution in [0.1, 0.15) is 49.0 Å². The summed E-state index contributed by atoms with van der Waals surface area (Å²) >= 11 is 0. The number of hydrogen-bond donors (Lipinski definition) is 0. The van der Waals surface area contributed by atoms with Crippen molar-refractivity contribution in [3.63, 3.8) is 0 Å². The first kappa shape index (κ1) is 23.2. The molecule has 5 nitrogen and oxygen atoms in total. The number of ketones is 1. The highest BCUT2D eigenvalue weighted by Crippen LogP contribution is 2.68. The number of carbonyl (C=O) groups is 2. The molecule has 2 aromatic carbocycles. The molecule has 2 aliphatic rings. The lowest BCUT2D eigenvalue weighted by molar-refractivity contribution is -0.166. The topological polar surface area (TPSA) is 61.8 Å². The lowest BCUT2D eigenvalue weighted by Crippen LogP contribution is -2.46. The molecule has 0 saturated heterocycles. The Labute approximate surface area is 195 Å². The average molecular weight is 449 g/mol. The third-order valence-corrected chi connectivity index (χ3v) is 7.92. The number of esters is 1. The highest BCUT2D eigenvalue weighted by atomic mass is 16.6. The standard InChI is InChI=1S/C28H32O5/c1-5-16-28-17-15-22(27(28,2)3)24(32-18-19-11-13-21(31-4)14-12-19)25(28)33-26(30)23(29)20-9-7-6-8-10-20/h5-14,22,24-25H,1,15-18H2,2-4H3/t22-,24-,25-,28+/m1/s1. The van der Waals surface area contributed by atoms with Crippen LogP contribution in [0.4, 0.5) is 0 Å². The minimum absolute atomic E-state index is 0.119. The quantitative estimate of drug-likeness (QED) is 0.223. The van der Waals surface area contributed by atoms with Crippen molar-refractivity contribution in [2.24, 2.45) is 16.7 Å². The van der Waals surface area contributed by atoms with Crippen LogP contribution in [0.25, 0.3) is 0 Å². The highest BCUT2D eigenvalue weighted by Gasteiger charge is 2.70. The second-order valence-corrected chi connectivity index (χ2v) is 9.66. The van der Waals surface area contributed by atoms with Crippen LogP contribution in [-0.2, 0) is 20.9 Å². The molecule has 0 N–H and O–H groups in total. The lowest BCUT2D eigenvalue weighted by Gasteiger charge is -2.41. The Bertz CT molecular complexity index is 1010. The van der Waals surface area contributed by atoms with Gasteiger partial charge in [-0.05, 0) is 48.3 Å². The molecule has 4 rings (SSSR count). The summed E-state index contributed by atoms with van der Waals surface area (Å²) in [6.07, 6.45) is 3.71. The molecule has 0 aromatic heterocycles. The second kappa shape index (κ2) is 9.14. The Morgan fingerprint density at radius 3 is 2.42 bits per heavy atom. The van der Waals surface area contributed by atoms with Gasteiger partial charge in [-0.25, -0.2) is 4.79 Å². The van der Waals surface area contributed by atoms with Crippen molar-refractivity contribution >= 4 is 11.8 Å². The smallest absolute Gasteiger partial charge is 0.380 e. The zero-order chi connectivity index (χ0) is 23.6. The molecule has 2 aliphatic carbocycles. The highest BCUT2D eigenvalue weighted by molar-refractivity contribution is 6.40. The van der Waals surface area contributed by atoms with Crippen molar-refractivity contribution in [1.29, 1.82) is 0 Å². The Morgan fingerprint density at radius 2 is 1.79 bits per heavy atom. The van der Waals surface area contributed by atoms with Crippen LogP contribution in [0.5, 0.6) is 5.75 Å². The van der Waals surface area contributed by atoms with Crippen LogP contribution in [0.3, 0.4) is 0 Å². The van der Waals surface area contributed by atoms with Crippen LogP contribution >= 0.6 is 0 Å². The predicted molar refractivity (Wildman–Crippen MR) is 126 cm³/mol. The molecule has 2 saturated carbocycles. The number of fused-ring (bicyclic) bond motifs is 2. The number of benzene rings is 2. The van der Waals surface area contributed by atoms with E-state index in [4.69, 9.17) is 14.2 Å². The monoisotopic (exact) mass is 448 g/mol. The zero-order valence-electron chi connectivity index (χ0n) is 19.6. The summed E-state index contributed by atoms with van der Waals surface area (Å²) in [4.78, 5) is 25.7. The summed E-state index contributed by atoms with van der Waals surface area (Å²) in [7, 11) is 1.64. The fourth-order valence-electron chi connectivity index (χ4n) is 5.99. The first-order chi connectivity index (χ1) is 15.8. The van der Waals surface area contributed by atoms with E-state index in [1.165, 1.54) is 0 Å². The van der Waals surface area contributed by atoms with E-state index in [1.54, 1.807) is 31.4 Å². The summed E-state index contributed by atoms with van der Waals surface area (Å²) in [6.45, 7) is 8.82. The van der Waals surface area contributed by atoms with Gasteiger partial charge in [0.25, 0.3) is 5.78 Å². The van der Waals surface area contributed by atoms with Crippen LogP contribution in [-0.4, -0.2) is 31.1 Å². The Kier molecular flexibility index (Phi) is 6.44. The Balaban J connectivity index is 1.58. The summed E-state index contributed by atoms with van der Waals surface area (Å²) < 4.78 is 17.7. The van der Waals surface area contributed by atoms with E-state index in [-0.39, 0.29) is 22.9 Å². The minimum atomic E-state index is -0.823. The normalized spacial score (nSPS) is 27.2. The molecular formula is C28H32O5. The van der Waals surface area contributed by atoms with Crippen molar-refractivity contribution in [2.75, 3.05) is 7.11 Å². The van der Waals surface area contributed by atoms with Gasteiger partial charge in [0, 0.05) is 11.0 Å². The third-order valence-electron chi connectivity index (χ3n) is 7.92. The van der Waals surface area contributed by atoms with Crippen LogP contribution < -0.4 is 4.74 Å². The van der Waals surface area contributed by atoms with Gasteiger partial charge < -0.3 is 14.2 Å². The molecular weight excluding hydrogens is 416 g/mol. The van der Waals surface area contributed by atoms with Gasteiger partial charge in [0.2, 0.25) is 0 Å². The van der Waals surface area contributed by atoms with E-state index in [9.17, 15) is 9.59 Å². The van der Waals surface area contributed by atoms with Gasteiger partial charge in [-0.3, -0.25) is 4.79 Å². The van der Waals surface area contributed by atoms with Gasteiger partial charge in [0.05, 0.1) is 19.8 Å². The molecule has 0 spiro atoms. The Hall–Kier alpha value is -2.92. The molecule has 0 heterocycles. The fourth-order valence-corrected chi connectivity index (χ4v) is 5.99. The number of methoxy groups -OCH3 is 1. The van der Waals surface area contributed by atoms with Crippen LogP contribution in [0, 0.1) is 16.7 Å². The van der Waals surface area contributed by atoms with Crippen molar-refractivity contribution in [3.05, 3.63) is 78.4 Å². The largest absolute Gasteiger partial charge is 0.497 e. The average Bonchev–Trinajstić information content (AvgIpc) is 3.18. The summed E-state index contributed by atoms with van der Waals surface area (Å²) in [5, 5.41) is 0. The SMILES string of the molecule is C=CC[C@]12CC[C@H]([C@@H](OCc3ccc(OC)cc3)[C@H]1OC(=O)C(=O)c1ccccc1)C2(C)C. The molecule has 0 radical (unpaired) electrons. The number of ether oxygens (including phenoxy) is 3. The number of carbonyl (C=O) groups excluding carboxylic acids is 2. The summed E-state index contributed by atoms with van der Waals surface area (Å²) in [6, 6.07) is 16.3. The van der Waals surface area contributed by atoms with E-state index in [0.29, 0.717) is 18.6 Å². The maximum atomic E-state index is 13.0. The van der Waals surface area contributed by atoms with Crippen molar-refractivity contribution < 1.29 is 23.8 Å². The van der Waals surface area contributed by atoms with Crippen molar-refractivity contribution in [3.8, 4) is 5.75 Å². The van der Waals surface area contributed by atoms with E-state index in [0.717, 1.165) is 24.2 Å². The second-order valence-electron chi connectivity index (χ2n) is 9.66. The van der Waals surface area contributed by atoms with Crippen molar-refractivity contribution in [2.45, 2.75) is 51.9 Å². The number of Topliss-reactive ketones (excluding diaryl/α,β-unsaturated/α-hetero) is 1. The maximum Gasteiger partial charge on any atom is 0.380 e. The molecule has 0 amide bonds. The summed E-state index contributed by atoms with van der Waals surface area (Å²) in [5.74, 6) is -0.439. The lowest BCUT2D eigenvalue weighted by atomic mass is 9.66. The molecule has 0 unspecified atom stereocenters. The predicted octanol–water partition coefficient (Wildman–Crippen LogP) is 5.39.